The molecule has 0 atom stereocenters. The Labute approximate surface area is 242 Å². The van der Waals surface area contributed by atoms with Gasteiger partial charge in [0.25, 0.3) is 0 Å². The average molecular weight is 554 g/mol. The van der Waals surface area contributed by atoms with E-state index < -0.39 is 0 Å². The van der Waals surface area contributed by atoms with Gasteiger partial charge in [0.15, 0.2) is 0 Å². The van der Waals surface area contributed by atoms with Gasteiger partial charge < -0.3 is 20.3 Å². The summed E-state index contributed by atoms with van der Waals surface area (Å²) >= 11 is 0. The Balaban J connectivity index is 1.32. The molecule has 5 rings (SSSR count). The number of rotatable bonds is 5. The summed E-state index contributed by atoms with van der Waals surface area (Å²) in [6.07, 6.45) is 8.40. The van der Waals surface area contributed by atoms with Crippen LogP contribution in [0.25, 0.3) is 11.3 Å². The zero-order chi connectivity index (χ0) is 28.4. The number of anilines is 3. The Morgan fingerprint density at radius 3 is 2.85 bits per heavy atom. The first-order valence-corrected chi connectivity index (χ1v) is 14.2. The highest BCUT2D eigenvalue weighted by Gasteiger charge is 2.19. The molecule has 0 saturated carbocycles. The minimum Gasteiger partial charge on any atom is -0.493 e. The van der Waals surface area contributed by atoms with Gasteiger partial charge in [-0.25, -0.2) is 9.97 Å². The van der Waals surface area contributed by atoms with Crippen molar-refractivity contribution < 1.29 is 9.53 Å². The lowest BCUT2D eigenvalue weighted by Crippen LogP contribution is -2.49. The summed E-state index contributed by atoms with van der Waals surface area (Å²) in [5.74, 6) is 1.39. The number of fused-ring (bicyclic) bond motifs is 7. The fraction of sp³-hybridized carbons (Fsp3) is 0.344. The second-order valence-corrected chi connectivity index (χ2v) is 10.4. The number of aromatic nitrogens is 2. The number of hydrogen-bond acceptors (Lipinski definition) is 8. The van der Waals surface area contributed by atoms with Crippen LogP contribution in [0.3, 0.4) is 0 Å². The maximum Gasteiger partial charge on any atom is 0.246 e. The number of nitrogens with zero attached hydrogens (tertiary/aromatic N) is 5. The smallest absolute Gasteiger partial charge is 0.246 e. The van der Waals surface area contributed by atoms with E-state index in [1.54, 1.807) is 6.20 Å². The van der Waals surface area contributed by atoms with Gasteiger partial charge in [-0.3, -0.25) is 14.6 Å². The molecule has 2 aromatic carbocycles. The molecule has 1 aromatic heterocycles. The molecule has 0 unspecified atom stereocenters. The largest absolute Gasteiger partial charge is 0.493 e. The molecule has 3 aromatic rings. The summed E-state index contributed by atoms with van der Waals surface area (Å²) in [5, 5.41) is 7.04. The van der Waals surface area contributed by atoms with E-state index in [1.165, 1.54) is 11.6 Å². The molecular weight excluding hydrogens is 514 g/mol. The first kappa shape index (κ1) is 28.3. The van der Waals surface area contributed by atoms with Crippen molar-refractivity contribution in [1.82, 2.24) is 24.7 Å². The lowest BCUT2D eigenvalue weighted by atomic mass is 10.1. The molecule has 6 bridgehead atoms. The average Bonchev–Trinajstić information content (AvgIpc) is 2.98. The van der Waals surface area contributed by atoms with Gasteiger partial charge in [0.05, 0.1) is 12.3 Å². The molecule has 9 nitrogen and oxygen atoms in total. The summed E-state index contributed by atoms with van der Waals surface area (Å²) in [5.41, 5.74) is 4.99. The molecule has 9 heteroatoms. The van der Waals surface area contributed by atoms with Gasteiger partial charge in [0.1, 0.15) is 5.75 Å². The predicted molar refractivity (Wildman–Crippen MR) is 164 cm³/mol. The number of ether oxygens (including phenoxy) is 1. The standard InChI is InChI=1S/C32H39N7O2/c1-3-31(40)39-17-15-38(16-18-39)14-12-33-27-20-25-21-28(23-27)35-32-34-11-10-30(36-32)26-8-7-9-29(22-26)41-19-6-4-5-13-37(2)24-25/h3-5,7-11,20-23,33H,1,6,12-19,24H2,2H3,(H,34,35,36)/b5-4+. The summed E-state index contributed by atoms with van der Waals surface area (Å²) in [4.78, 5) is 27.7. The third-order valence-corrected chi connectivity index (χ3v) is 7.24. The van der Waals surface area contributed by atoms with Gasteiger partial charge in [-0.1, -0.05) is 30.9 Å². The number of carbonyl (C=O) groups is 1. The number of piperazine rings is 1. The molecule has 1 amide bonds. The van der Waals surface area contributed by atoms with Gasteiger partial charge in [-0.05, 0) is 61.5 Å². The summed E-state index contributed by atoms with van der Waals surface area (Å²) < 4.78 is 5.97. The topological polar surface area (TPSA) is 85.9 Å². The van der Waals surface area contributed by atoms with E-state index >= 15 is 0 Å². The number of nitrogens with one attached hydrogen (secondary N) is 2. The number of likely N-dealkylation sites (N-methyl/N-ethyl adjacent to an activating group) is 1. The number of benzene rings is 2. The van der Waals surface area contributed by atoms with Gasteiger partial charge in [0, 0.05) is 75.5 Å². The molecule has 0 spiro atoms. The van der Waals surface area contributed by atoms with Crippen LogP contribution in [-0.2, 0) is 11.3 Å². The van der Waals surface area contributed by atoms with Crippen LogP contribution in [0.4, 0.5) is 17.3 Å². The summed E-state index contributed by atoms with van der Waals surface area (Å²) in [6.45, 7) is 10.8. The molecule has 2 aliphatic rings. The van der Waals surface area contributed by atoms with E-state index in [9.17, 15) is 4.79 Å². The molecule has 3 heterocycles. The van der Waals surface area contributed by atoms with Crippen LogP contribution in [0.5, 0.6) is 5.75 Å². The van der Waals surface area contributed by atoms with Crippen molar-refractivity contribution in [3.63, 3.8) is 0 Å². The van der Waals surface area contributed by atoms with Crippen molar-refractivity contribution >= 4 is 23.2 Å². The molecule has 214 valence electrons. The Hall–Kier alpha value is -4.21. The zero-order valence-corrected chi connectivity index (χ0v) is 23.8. The van der Waals surface area contributed by atoms with E-state index in [1.807, 2.05) is 35.2 Å². The Morgan fingerprint density at radius 1 is 1.12 bits per heavy atom. The Bertz CT molecular complexity index is 1370. The van der Waals surface area contributed by atoms with Crippen molar-refractivity contribution in [1.29, 1.82) is 0 Å². The summed E-state index contributed by atoms with van der Waals surface area (Å²) in [6, 6.07) is 16.4. The van der Waals surface area contributed by atoms with Gasteiger partial charge in [-0.15, -0.1) is 0 Å². The Kier molecular flexibility index (Phi) is 9.61. The molecule has 1 fully saturated rings. The van der Waals surface area contributed by atoms with Crippen molar-refractivity contribution in [2.75, 3.05) is 70.1 Å². The first-order valence-electron chi connectivity index (χ1n) is 14.2. The highest BCUT2D eigenvalue weighted by molar-refractivity contribution is 5.87. The number of carbonyl (C=O) groups excluding carboxylic acids is 1. The fourth-order valence-corrected chi connectivity index (χ4v) is 5.08. The van der Waals surface area contributed by atoms with Crippen molar-refractivity contribution in [2.45, 2.75) is 13.0 Å². The summed E-state index contributed by atoms with van der Waals surface area (Å²) in [7, 11) is 2.13. The van der Waals surface area contributed by atoms with Crippen molar-refractivity contribution in [3.05, 3.63) is 85.1 Å². The van der Waals surface area contributed by atoms with Crippen LogP contribution < -0.4 is 15.4 Å². The second-order valence-electron chi connectivity index (χ2n) is 10.4. The van der Waals surface area contributed by atoms with E-state index in [4.69, 9.17) is 9.72 Å². The lowest BCUT2D eigenvalue weighted by molar-refractivity contribution is -0.127. The Morgan fingerprint density at radius 2 is 2.00 bits per heavy atom. The van der Waals surface area contributed by atoms with E-state index in [-0.39, 0.29) is 5.91 Å². The highest BCUT2D eigenvalue weighted by Crippen LogP contribution is 2.26. The van der Waals surface area contributed by atoms with Gasteiger partial charge >= 0.3 is 0 Å². The van der Waals surface area contributed by atoms with Crippen molar-refractivity contribution in [2.24, 2.45) is 0 Å². The third-order valence-electron chi connectivity index (χ3n) is 7.24. The van der Waals surface area contributed by atoms with E-state index in [2.05, 4.69) is 69.4 Å². The SMILES string of the molecule is C=CC(=O)N1CCN(CCNc2cc3cc(c2)Nc2nccc(n2)-c2cccc(c2)OCC/C=C/CN(C)C3)CC1. The maximum absolute atomic E-state index is 11.9. The normalized spacial score (nSPS) is 17.3. The van der Waals surface area contributed by atoms with E-state index in [0.29, 0.717) is 12.6 Å². The molecule has 2 N–H and O–H groups in total. The number of hydrogen-bond donors (Lipinski definition) is 2. The van der Waals surface area contributed by atoms with Gasteiger partial charge in [-0.2, -0.15) is 0 Å². The first-order chi connectivity index (χ1) is 20.1. The minimum absolute atomic E-state index is 0.0142. The minimum atomic E-state index is 0.0142. The molecule has 2 aliphatic heterocycles. The van der Waals surface area contributed by atoms with Crippen LogP contribution in [-0.4, -0.2) is 90.0 Å². The van der Waals surface area contributed by atoms with Crippen LogP contribution in [0, 0.1) is 0 Å². The third kappa shape index (κ3) is 8.15. The van der Waals surface area contributed by atoms with Crippen LogP contribution in [0.2, 0.25) is 0 Å². The molecule has 41 heavy (non-hydrogen) atoms. The molecule has 1 saturated heterocycles. The highest BCUT2D eigenvalue weighted by atomic mass is 16.5. The monoisotopic (exact) mass is 553 g/mol. The van der Waals surface area contributed by atoms with Gasteiger partial charge in [0.2, 0.25) is 11.9 Å². The zero-order valence-electron chi connectivity index (χ0n) is 23.8. The van der Waals surface area contributed by atoms with Crippen molar-refractivity contribution in [3.8, 4) is 17.0 Å². The number of amides is 1. The van der Waals surface area contributed by atoms with Crippen LogP contribution in [0.1, 0.15) is 12.0 Å². The van der Waals surface area contributed by atoms with E-state index in [0.717, 1.165) is 87.2 Å². The molecule has 0 radical (unpaired) electrons. The quantitative estimate of drug-likeness (QED) is 0.355. The maximum atomic E-state index is 11.9. The predicted octanol–water partition coefficient (Wildman–Crippen LogP) is 4.40. The molecular formula is C32H39N7O2. The lowest BCUT2D eigenvalue weighted by Gasteiger charge is -2.34. The van der Waals surface area contributed by atoms with Crippen LogP contribution >= 0.6 is 0 Å². The van der Waals surface area contributed by atoms with Crippen LogP contribution in [0.15, 0.2) is 79.5 Å². The second kappa shape index (κ2) is 13.9. The molecule has 0 aliphatic carbocycles. The fourth-order valence-electron chi connectivity index (χ4n) is 5.08.